The lowest BCUT2D eigenvalue weighted by Crippen LogP contribution is -2.00. The van der Waals surface area contributed by atoms with Gasteiger partial charge in [-0.1, -0.05) is 6.07 Å². The lowest BCUT2D eigenvalue weighted by atomic mass is 10.3. The number of hydrogen-bond acceptors (Lipinski definition) is 4. The van der Waals surface area contributed by atoms with E-state index in [-0.39, 0.29) is 0 Å². The van der Waals surface area contributed by atoms with Crippen molar-refractivity contribution in [1.29, 1.82) is 0 Å². The summed E-state index contributed by atoms with van der Waals surface area (Å²) in [4.78, 5) is 8.21. The van der Waals surface area contributed by atoms with Crippen molar-refractivity contribution in [2.24, 2.45) is 0 Å². The Morgan fingerprint density at radius 2 is 1.87 bits per heavy atom. The van der Waals surface area contributed by atoms with E-state index in [1.165, 1.54) is 0 Å². The zero-order chi connectivity index (χ0) is 10.7. The molecule has 0 bridgehead atoms. The van der Waals surface area contributed by atoms with Crippen molar-refractivity contribution >= 4 is 17.3 Å². The molecule has 0 spiro atoms. The maximum atomic E-state index is 5.72. The molecule has 76 valence electrons. The number of pyridine rings is 2. The Hall–Kier alpha value is -2.10. The van der Waals surface area contributed by atoms with Gasteiger partial charge in [-0.2, -0.15) is 0 Å². The summed E-state index contributed by atoms with van der Waals surface area (Å²) < 4.78 is 0. The van der Waals surface area contributed by atoms with Crippen molar-refractivity contribution in [3.05, 3.63) is 42.2 Å². The fourth-order valence-electron chi connectivity index (χ4n) is 1.27. The first kappa shape index (κ1) is 9.45. The standard InChI is InChI=1S/C11H12N4/c1-8-4-2-7-14-11(8)15-9-5-3-6-13-10(9)12/h2-7H,1H3,(H2,12,13)(H,14,15). The van der Waals surface area contributed by atoms with E-state index in [1.54, 1.807) is 12.4 Å². The van der Waals surface area contributed by atoms with E-state index in [2.05, 4.69) is 15.3 Å². The van der Waals surface area contributed by atoms with E-state index in [4.69, 9.17) is 5.73 Å². The minimum absolute atomic E-state index is 0.475. The van der Waals surface area contributed by atoms with E-state index in [0.717, 1.165) is 17.1 Å². The van der Waals surface area contributed by atoms with Gasteiger partial charge in [0.2, 0.25) is 0 Å². The predicted molar refractivity (Wildman–Crippen MR) is 60.9 cm³/mol. The number of aromatic nitrogens is 2. The van der Waals surface area contributed by atoms with Crippen LogP contribution in [0.2, 0.25) is 0 Å². The van der Waals surface area contributed by atoms with Crippen LogP contribution in [0.4, 0.5) is 17.3 Å². The van der Waals surface area contributed by atoms with Gasteiger partial charge in [0, 0.05) is 12.4 Å². The molecule has 0 unspecified atom stereocenters. The first-order valence-corrected chi connectivity index (χ1v) is 4.66. The highest BCUT2D eigenvalue weighted by Crippen LogP contribution is 2.20. The summed E-state index contributed by atoms with van der Waals surface area (Å²) in [7, 11) is 0. The van der Waals surface area contributed by atoms with E-state index < -0.39 is 0 Å². The molecule has 0 saturated heterocycles. The van der Waals surface area contributed by atoms with Crippen LogP contribution in [-0.4, -0.2) is 9.97 Å². The highest BCUT2D eigenvalue weighted by atomic mass is 15.0. The van der Waals surface area contributed by atoms with Crippen molar-refractivity contribution in [3.63, 3.8) is 0 Å². The molecule has 0 aliphatic rings. The largest absolute Gasteiger partial charge is 0.382 e. The third-order valence-corrected chi connectivity index (χ3v) is 2.10. The Morgan fingerprint density at radius 3 is 2.60 bits per heavy atom. The molecular weight excluding hydrogens is 188 g/mol. The van der Waals surface area contributed by atoms with Crippen LogP contribution < -0.4 is 11.1 Å². The molecule has 4 nitrogen and oxygen atoms in total. The highest BCUT2D eigenvalue weighted by molar-refractivity contribution is 5.68. The Balaban J connectivity index is 2.30. The number of hydrogen-bond donors (Lipinski definition) is 2. The summed E-state index contributed by atoms with van der Waals surface area (Å²) >= 11 is 0. The topological polar surface area (TPSA) is 63.8 Å². The third kappa shape index (κ3) is 2.04. The van der Waals surface area contributed by atoms with Gasteiger partial charge < -0.3 is 11.1 Å². The van der Waals surface area contributed by atoms with Crippen molar-refractivity contribution in [3.8, 4) is 0 Å². The summed E-state index contributed by atoms with van der Waals surface area (Å²) in [6.45, 7) is 1.99. The first-order chi connectivity index (χ1) is 7.27. The van der Waals surface area contributed by atoms with Crippen molar-refractivity contribution in [2.75, 3.05) is 11.1 Å². The smallest absolute Gasteiger partial charge is 0.147 e. The molecule has 0 aromatic carbocycles. The number of aryl methyl sites for hydroxylation is 1. The van der Waals surface area contributed by atoms with Crippen molar-refractivity contribution < 1.29 is 0 Å². The maximum absolute atomic E-state index is 5.72. The Bertz CT molecular complexity index is 424. The van der Waals surface area contributed by atoms with Gasteiger partial charge >= 0.3 is 0 Å². The Kier molecular flexibility index (Phi) is 2.49. The maximum Gasteiger partial charge on any atom is 0.147 e. The lowest BCUT2D eigenvalue weighted by molar-refractivity contribution is 1.24. The second-order valence-corrected chi connectivity index (χ2v) is 3.23. The average molecular weight is 200 g/mol. The third-order valence-electron chi connectivity index (χ3n) is 2.10. The summed E-state index contributed by atoms with van der Waals surface area (Å²) in [5.74, 6) is 1.28. The molecule has 0 atom stereocenters. The minimum Gasteiger partial charge on any atom is -0.382 e. The number of nitrogens with zero attached hydrogens (tertiary/aromatic N) is 2. The summed E-state index contributed by atoms with van der Waals surface area (Å²) in [6, 6.07) is 7.59. The fourth-order valence-corrected chi connectivity index (χ4v) is 1.27. The monoisotopic (exact) mass is 200 g/mol. The van der Waals surface area contributed by atoms with Crippen LogP contribution in [0.5, 0.6) is 0 Å². The molecule has 2 aromatic heterocycles. The minimum atomic E-state index is 0.475. The summed E-state index contributed by atoms with van der Waals surface area (Å²) in [6.07, 6.45) is 3.40. The zero-order valence-corrected chi connectivity index (χ0v) is 8.44. The second-order valence-electron chi connectivity index (χ2n) is 3.23. The van der Waals surface area contributed by atoms with Gasteiger partial charge in [0.1, 0.15) is 11.6 Å². The van der Waals surface area contributed by atoms with Gasteiger partial charge in [-0.3, -0.25) is 0 Å². The van der Waals surface area contributed by atoms with Gasteiger partial charge in [-0.25, -0.2) is 9.97 Å². The summed E-state index contributed by atoms with van der Waals surface area (Å²) in [5, 5.41) is 3.14. The molecule has 2 rings (SSSR count). The van der Waals surface area contributed by atoms with Crippen LogP contribution in [0, 0.1) is 6.92 Å². The number of anilines is 3. The molecule has 0 fully saturated rings. The van der Waals surface area contributed by atoms with Crippen LogP contribution >= 0.6 is 0 Å². The molecule has 2 aromatic rings. The quantitative estimate of drug-likeness (QED) is 0.779. The number of rotatable bonds is 2. The molecule has 3 N–H and O–H groups in total. The van der Waals surface area contributed by atoms with E-state index in [1.807, 2.05) is 31.2 Å². The van der Waals surface area contributed by atoms with E-state index in [0.29, 0.717) is 5.82 Å². The SMILES string of the molecule is Cc1cccnc1Nc1cccnc1N. The average Bonchev–Trinajstić information content (AvgIpc) is 2.24. The van der Waals surface area contributed by atoms with Crippen molar-refractivity contribution in [2.45, 2.75) is 6.92 Å². The van der Waals surface area contributed by atoms with Crippen LogP contribution in [-0.2, 0) is 0 Å². The molecule has 2 heterocycles. The number of nitrogen functional groups attached to an aromatic ring is 1. The van der Waals surface area contributed by atoms with Gasteiger partial charge in [0.25, 0.3) is 0 Å². The first-order valence-electron chi connectivity index (χ1n) is 4.66. The van der Waals surface area contributed by atoms with Gasteiger partial charge in [0.05, 0.1) is 5.69 Å². The molecule has 0 aliphatic carbocycles. The Morgan fingerprint density at radius 1 is 1.13 bits per heavy atom. The van der Waals surface area contributed by atoms with Gasteiger partial charge in [0.15, 0.2) is 0 Å². The molecule has 0 radical (unpaired) electrons. The Labute approximate surface area is 88.2 Å². The van der Waals surface area contributed by atoms with Crippen LogP contribution in [0.25, 0.3) is 0 Å². The molecule has 0 saturated carbocycles. The molecular formula is C11H12N4. The van der Waals surface area contributed by atoms with Crippen LogP contribution in [0.15, 0.2) is 36.7 Å². The number of nitrogens with one attached hydrogen (secondary N) is 1. The second kappa shape index (κ2) is 3.96. The molecule has 15 heavy (non-hydrogen) atoms. The fraction of sp³-hybridized carbons (Fsp3) is 0.0909. The highest BCUT2D eigenvalue weighted by Gasteiger charge is 2.02. The van der Waals surface area contributed by atoms with E-state index in [9.17, 15) is 0 Å². The van der Waals surface area contributed by atoms with Gasteiger partial charge in [-0.05, 0) is 30.7 Å². The van der Waals surface area contributed by atoms with E-state index >= 15 is 0 Å². The predicted octanol–water partition coefficient (Wildman–Crippen LogP) is 2.11. The van der Waals surface area contributed by atoms with Crippen LogP contribution in [0.1, 0.15) is 5.56 Å². The number of nitrogens with two attached hydrogens (primary N) is 1. The van der Waals surface area contributed by atoms with Crippen LogP contribution in [0.3, 0.4) is 0 Å². The normalized spacial score (nSPS) is 9.93. The zero-order valence-electron chi connectivity index (χ0n) is 8.44. The van der Waals surface area contributed by atoms with Crippen molar-refractivity contribution in [1.82, 2.24) is 9.97 Å². The lowest BCUT2D eigenvalue weighted by Gasteiger charge is -2.08. The molecule has 4 heteroatoms. The van der Waals surface area contributed by atoms with Gasteiger partial charge in [-0.15, -0.1) is 0 Å². The molecule has 0 amide bonds. The molecule has 0 aliphatic heterocycles. The summed E-state index contributed by atoms with van der Waals surface area (Å²) in [5.41, 5.74) is 7.56.